The first-order valence-corrected chi connectivity index (χ1v) is 8.15. The summed E-state index contributed by atoms with van der Waals surface area (Å²) in [5.41, 5.74) is 0. The molecule has 0 aromatic heterocycles. The van der Waals surface area contributed by atoms with Crippen LogP contribution in [0.1, 0.15) is 53.4 Å². The summed E-state index contributed by atoms with van der Waals surface area (Å²) >= 11 is 0. The number of rotatable bonds is 7. The van der Waals surface area contributed by atoms with E-state index in [0.717, 1.165) is 19.4 Å². The van der Waals surface area contributed by atoms with E-state index >= 15 is 0 Å². The highest BCUT2D eigenvalue weighted by atomic mass is 16.4. The molecule has 5 nitrogen and oxygen atoms in total. The molecular formula is C16H30N2O3. The van der Waals surface area contributed by atoms with E-state index in [0.29, 0.717) is 18.5 Å². The van der Waals surface area contributed by atoms with Crippen LogP contribution in [0.3, 0.4) is 0 Å². The quantitative estimate of drug-likeness (QED) is 0.786. The molecule has 122 valence electrons. The maximum Gasteiger partial charge on any atom is 0.320 e. The average Bonchev–Trinajstić information content (AvgIpc) is 2.94. The second kappa shape index (κ2) is 8.25. The fraction of sp³-hybridized carbons (Fsp3) is 0.875. The largest absolute Gasteiger partial charge is 0.481 e. The van der Waals surface area contributed by atoms with Crippen LogP contribution in [0, 0.1) is 11.8 Å². The van der Waals surface area contributed by atoms with Gasteiger partial charge in [0.15, 0.2) is 0 Å². The van der Waals surface area contributed by atoms with Crippen LogP contribution in [0.4, 0.5) is 4.79 Å². The summed E-state index contributed by atoms with van der Waals surface area (Å²) in [4.78, 5) is 27.5. The molecule has 1 atom stereocenters. The Kier molecular flexibility index (Phi) is 6.99. The number of carboxylic acid groups (broad SMARTS) is 1. The van der Waals surface area contributed by atoms with Crippen LogP contribution in [0.25, 0.3) is 0 Å². The number of hydrogen-bond acceptors (Lipinski definition) is 2. The standard InChI is InChI=1S/C16H30N2O3/c1-5-17(11-13(4)15(19)20)16(21)18(10-12(2)3)14-8-6-7-9-14/h12-14H,5-11H2,1-4H3,(H,19,20). The number of amides is 2. The molecule has 0 saturated heterocycles. The Balaban J connectivity index is 2.77. The van der Waals surface area contributed by atoms with Gasteiger partial charge in [-0.1, -0.05) is 33.6 Å². The van der Waals surface area contributed by atoms with Crippen molar-refractivity contribution in [2.75, 3.05) is 19.6 Å². The number of carbonyl (C=O) groups excluding carboxylic acids is 1. The normalized spacial score (nSPS) is 17.0. The van der Waals surface area contributed by atoms with E-state index in [9.17, 15) is 9.59 Å². The van der Waals surface area contributed by atoms with Crippen molar-refractivity contribution in [3.63, 3.8) is 0 Å². The van der Waals surface area contributed by atoms with Gasteiger partial charge in [0, 0.05) is 25.7 Å². The van der Waals surface area contributed by atoms with Crippen LogP contribution in [0.5, 0.6) is 0 Å². The number of urea groups is 1. The van der Waals surface area contributed by atoms with E-state index in [1.807, 2.05) is 11.8 Å². The highest BCUT2D eigenvalue weighted by molar-refractivity contribution is 5.76. The van der Waals surface area contributed by atoms with Gasteiger partial charge in [-0.25, -0.2) is 4.79 Å². The van der Waals surface area contributed by atoms with Crippen molar-refractivity contribution in [1.82, 2.24) is 9.80 Å². The van der Waals surface area contributed by atoms with Crippen LogP contribution >= 0.6 is 0 Å². The molecule has 2 amide bonds. The highest BCUT2D eigenvalue weighted by Crippen LogP contribution is 2.25. The second-order valence-electron chi connectivity index (χ2n) is 6.54. The molecule has 0 radical (unpaired) electrons. The molecule has 0 aromatic rings. The third kappa shape index (κ3) is 5.21. The molecule has 21 heavy (non-hydrogen) atoms. The molecule has 0 heterocycles. The minimum Gasteiger partial charge on any atom is -0.481 e. The fourth-order valence-electron chi connectivity index (χ4n) is 2.93. The summed E-state index contributed by atoms with van der Waals surface area (Å²) in [5, 5.41) is 9.05. The molecule has 1 saturated carbocycles. The van der Waals surface area contributed by atoms with Gasteiger partial charge in [-0.05, 0) is 25.7 Å². The summed E-state index contributed by atoms with van der Waals surface area (Å²) in [5.74, 6) is -0.957. The van der Waals surface area contributed by atoms with Gasteiger partial charge < -0.3 is 14.9 Å². The summed E-state index contributed by atoms with van der Waals surface area (Å²) in [6.45, 7) is 9.39. The van der Waals surface area contributed by atoms with Gasteiger partial charge >= 0.3 is 12.0 Å². The molecule has 1 unspecified atom stereocenters. The molecule has 1 fully saturated rings. The first-order chi connectivity index (χ1) is 9.86. The molecule has 0 aromatic carbocycles. The van der Waals surface area contributed by atoms with E-state index in [2.05, 4.69) is 13.8 Å². The Morgan fingerprint density at radius 1 is 1.14 bits per heavy atom. The minimum absolute atomic E-state index is 0.00574. The molecule has 1 aliphatic carbocycles. The smallest absolute Gasteiger partial charge is 0.320 e. The van der Waals surface area contributed by atoms with E-state index in [4.69, 9.17) is 5.11 Å². The third-order valence-electron chi connectivity index (χ3n) is 4.14. The Bertz CT molecular complexity index is 351. The van der Waals surface area contributed by atoms with Gasteiger partial charge in [0.25, 0.3) is 0 Å². The monoisotopic (exact) mass is 298 g/mol. The summed E-state index contributed by atoms with van der Waals surface area (Å²) in [7, 11) is 0. The Morgan fingerprint density at radius 2 is 1.71 bits per heavy atom. The fourth-order valence-corrected chi connectivity index (χ4v) is 2.93. The van der Waals surface area contributed by atoms with Gasteiger partial charge in [-0.15, -0.1) is 0 Å². The number of aliphatic carboxylic acids is 1. The van der Waals surface area contributed by atoms with Crippen molar-refractivity contribution >= 4 is 12.0 Å². The van der Waals surface area contributed by atoms with E-state index in [1.54, 1.807) is 11.8 Å². The molecule has 0 spiro atoms. The number of hydrogen-bond donors (Lipinski definition) is 1. The van der Waals surface area contributed by atoms with E-state index in [1.165, 1.54) is 12.8 Å². The molecule has 1 aliphatic rings. The summed E-state index contributed by atoms with van der Waals surface area (Å²) in [6, 6.07) is 0.334. The lowest BCUT2D eigenvalue weighted by Gasteiger charge is -2.36. The zero-order chi connectivity index (χ0) is 16.0. The molecule has 5 heteroatoms. The summed E-state index contributed by atoms with van der Waals surface area (Å²) in [6.07, 6.45) is 4.52. The van der Waals surface area contributed by atoms with Crippen LogP contribution in [-0.2, 0) is 4.79 Å². The lowest BCUT2D eigenvalue weighted by molar-refractivity contribution is -0.141. The van der Waals surface area contributed by atoms with Crippen LogP contribution in [0.2, 0.25) is 0 Å². The van der Waals surface area contributed by atoms with Gasteiger partial charge in [0.2, 0.25) is 0 Å². The van der Waals surface area contributed by atoms with Crippen LogP contribution in [-0.4, -0.2) is 52.6 Å². The maximum atomic E-state index is 12.8. The first kappa shape index (κ1) is 17.8. The molecule has 0 aliphatic heterocycles. The van der Waals surface area contributed by atoms with Crippen molar-refractivity contribution < 1.29 is 14.7 Å². The number of nitrogens with zero attached hydrogens (tertiary/aromatic N) is 2. The van der Waals surface area contributed by atoms with Crippen molar-refractivity contribution in [2.24, 2.45) is 11.8 Å². The molecular weight excluding hydrogens is 268 g/mol. The minimum atomic E-state index is -0.850. The van der Waals surface area contributed by atoms with Crippen molar-refractivity contribution in [2.45, 2.75) is 59.4 Å². The zero-order valence-electron chi connectivity index (χ0n) is 13.8. The highest BCUT2D eigenvalue weighted by Gasteiger charge is 2.30. The molecule has 1 N–H and O–H groups in total. The Labute approximate surface area is 128 Å². The maximum absolute atomic E-state index is 12.8. The summed E-state index contributed by atoms with van der Waals surface area (Å²) < 4.78 is 0. The molecule has 0 bridgehead atoms. The average molecular weight is 298 g/mol. The van der Waals surface area contributed by atoms with E-state index < -0.39 is 11.9 Å². The van der Waals surface area contributed by atoms with Crippen LogP contribution < -0.4 is 0 Å². The first-order valence-electron chi connectivity index (χ1n) is 8.15. The Morgan fingerprint density at radius 3 is 2.14 bits per heavy atom. The predicted octanol–water partition coefficient (Wildman–Crippen LogP) is 3.05. The third-order valence-corrected chi connectivity index (χ3v) is 4.14. The van der Waals surface area contributed by atoms with Gasteiger partial charge in [-0.3, -0.25) is 4.79 Å². The van der Waals surface area contributed by atoms with Gasteiger partial charge in [0.1, 0.15) is 0 Å². The van der Waals surface area contributed by atoms with Gasteiger partial charge in [-0.2, -0.15) is 0 Å². The zero-order valence-corrected chi connectivity index (χ0v) is 13.8. The van der Waals surface area contributed by atoms with Crippen molar-refractivity contribution in [3.05, 3.63) is 0 Å². The van der Waals surface area contributed by atoms with Crippen LogP contribution in [0.15, 0.2) is 0 Å². The lowest BCUT2D eigenvalue weighted by atomic mass is 10.1. The predicted molar refractivity (Wildman–Crippen MR) is 83.2 cm³/mol. The van der Waals surface area contributed by atoms with Crippen molar-refractivity contribution in [3.8, 4) is 0 Å². The van der Waals surface area contributed by atoms with E-state index in [-0.39, 0.29) is 12.6 Å². The van der Waals surface area contributed by atoms with Gasteiger partial charge in [0.05, 0.1) is 5.92 Å². The molecule has 1 rings (SSSR count). The topological polar surface area (TPSA) is 60.9 Å². The Hall–Kier alpha value is -1.26. The number of carboxylic acids is 1. The lowest BCUT2D eigenvalue weighted by Crippen LogP contribution is -2.50. The number of carbonyl (C=O) groups is 2. The second-order valence-corrected chi connectivity index (χ2v) is 6.54. The van der Waals surface area contributed by atoms with Crippen molar-refractivity contribution in [1.29, 1.82) is 0 Å². The SMILES string of the molecule is CCN(CC(C)C(=O)O)C(=O)N(CC(C)C)C1CCCC1.